The van der Waals surface area contributed by atoms with Crippen LogP contribution in [0.5, 0.6) is 11.5 Å². The minimum absolute atomic E-state index is 0.455. The molecule has 9 rings (SSSR count). The number of rotatable bonds is 42. The second kappa shape index (κ2) is 39.5. The summed E-state index contributed by atoms with van der Waals surface area (Å²) >= 11 is 0. The van der Waals surface area contributed by atoms with Gasteiger partial charge >= 0.3 is 0 Å². The first-order valence-corrected chi connectivity index (χ1v) is 35.6. The quantitative estimate of drug-likeness (QED) is 0.0351. The highest BCUT2D eigenvalue weighted by Crippen LogP contribution is 2.50. The monoisotopic (exact) mass is 1290 g/mol. The van der Waals surface area contributed by atoms with E-state index in [9.17, 15) is 0 Å². The van der Waals surface area contributed by atoms with Crippen LogP contribution in [0.25, 0.3) is 89.0 Å². The van der Waals surface area contributed by atoms with Crippen LogP contribution >= 0.6 is 0 Å². The normalized spacial score (nSPS) is 12.2. The molecule has 0 saturated heterocycles. The van der Waals surface area contributed by atoms with E-state index in [0.717, 1.165) is 75.1 Å². The lowest BCUT2D eigenvalue weighted by Crippen LogP contribution is -2.12. The maximum Gasteiger partial charge on any atom is 0.119 e. The van der Waals surface area contributed by atoms with Gasteiger partial charge in [0, 0.05) is 14.2 Å². The summed E-state index contributed by atoms with van der Waals surface area (Å²) in [7, 11) is 3.34. The molecule has 506 valence electrons. The Kier molecular flexibility index (Phi) is 29.9. The van der Waals surface area contributed by atoms with E-state index in [0.29, 0.717) is 91.1 Å². The summed E-state index contributed by atoms with van der Waals surface area (Å²) in [6, 6.07) is 76.8. The van der Waals surface area contributed by atoms with Crippen LogP contribution in [0.2, 0.25) is 0 Å². The van der Waals surface area contributed by atoms with Gasteiger partial charge < -0.3 is 37.9 Å². The predicted molar refractivity (Wildman–Crippen MR) is 400 cm³/mol. The summed E-state index contributed by atoms with van der Waals surface area (Å²) in [5.41, 5.74) is 21.5. The van der Waals surface area contributed by atoms with Crippen LogP contribution in [0.15, 0.2) is 206 Å². The zero-order chi connectivity index (χ0) is 67.1. The second-order valence-electron chi connectivity index (χ2n) is 26.7. The van der Waals surface area contributed by atoms with E-state index in [2.05, 4.69) is 224 Å². The van der Waals surface area contributed by atoms with Crippen molar-refractivity contribution in [3.63, 3.8) is 0 Å². The van der Waals surface area contributed by atoms with Crippen molar-refractivity contribution in [2.45, 2.75) is 106 Å². The van der Waals surface area contributed by atoms with E-state index >= 15 is 0 Å². The van der Waals surface area contributed by atoms with Crippen LogP contribution in [0.4, 0.5) is 0 Å². The second-order valence-corrected chi connectivity index (χ2v) is 26.7. The lowest BCUT2D eigenvalue weighted by atomic mass is 9.79. The van der Waals surface area contributed by atoms with E-state index in [1.165, 1.54) is 113 Å². The van der Waals surface area contributed by atoms with E-state index in [4.69, 9.17) is 37.9 Å². The Hall–Kier alpha value is -7.66. The van der Waals surface area contributed by atoms with Gasteiger partial charge in [0.25, 0.3) is 0 Å². The largest absolute Gasteiger partial charge is 0.491 e. The fourth-order valence-corrected chi connectivity index (χ4v) is 12.7. The standard InChI is InChI=1S/C88H106O8/c1-65(2)15-12-17-67(5)23-25-69-27-31-78(32-28-69)87-83(75-19-10-9-11-20-75)51-52-85(88(87)79-33-29-70(30-34-79)26-24-68(6)18-13-16-66(3)4)84-22-14-21-82(76-39-35-71(36-40-76)73-43-47-80(48-44-73)95-63-61-93-59-57-91-55-53-89-7)86(84)77-41-37-72(38-42-77)74-45-49-81(50-46-74)96-64-62-94-60-58-92-56-54-90-8/h9-11,14,19-22,27-52,65-68H,12-13,15-18,23-26,53-64H2,1-8H3/t67-,68-/m0/s1. The molecule has 0 bridgehead atoms. The number of aryl methyl sites for hydroxylation is 2. The van der Waals surface area contributed by atoms with Gasteiger partial charge in [-0.2, -0.15) is 0 Å². The molecule has 9 aromatic rings. The molecular formula is C88H106O8. The molecule has 0 aliphatic rings. The van der Waals surface area contributed by atoms with Crippen LogP contribution in [0.1, 0.15) is 104 Å². The minimum atomic E-state index is 0.455. The van der Waals surface area contributed by atoms with Gasteiger partial charge in [0.2, 0.25) is 0 Å². The molecule has 0 aliphatic carbocycles. The molecule has 0 aliphatic heterocycles. The zero-order valence-corrected chi connectivity index (χ0v) is 58.8. The Morgan fingerprint density at radius 3 is 1.01 bits per heavy atom. The van der Waals surface area contributed by atoms with E-state index in [1.54, 1.807) is 14.2 Å². The molecule has 9 aromatic carbocycles. The first kappa shape index (κ1) is 72.6. The molecule has 0 aromatic heterocycles. The molecule has 8 heteroatoms. The molecule has 8 nitrogen and oxygen atoms in total. The molecule has 0 amide bonds. The molecule has 0 radical (unpaired) electrons. The Balaban J connectivity index is 1.10. The summed E-state index contributed by atoms with van der Waals surface area (Å²) in [5, 5.41) is 0. The summed E-state index contributed by atoms with van der Waals surface area (Å²) in [6.07, 6.45) is 12.3. The van der Waals surface area contributed by atoms with Gasteiger partial charge in [0.15, 0.2) is 0 Å². The smallest absolute Gasteiger partial charge is 0.119 e. The average molecular weight is 1290 g/mol. The highest BCUT2D eigenvalue weighted by molar-refractivity contribution is 6.06. The lowest BCUT2D eigenvalue weighted by Gasteiger charge is -2.24. The van der Waals surface area contributed by atoms with Gasteiger partial charge in [-0.1, -0.05) is 262 Å². The highest BCUT2D eigenvalue weighted by atomic mass is 16.6. The summed E-state index contributed by atoms with van der Waals surface area (Å²) in [6.45, 7) is 20.5. The number of benzene rings is 9. The fraction of sp³-hybridized carbons (Fsp3) is 0.386. The topological polar surface area (TPSA) is 73.8 Å². The molecule has 0 saturated carbocycles. The van der Waals surface area contributed by atoms with Crippen molar-refractivity contribution in [2.24, 2.45) is 23.7 Å². The van der Waals surface area contributed by atoms with Gasteiger partial charge in [-0.15, -0.1) is 0 Å². The van der Waals surface area contributed by atoms with Gasteiger partial charge in [0.05, 0.1) is 66.1 Å². The average Bonchev–Trinajstić information content (AvgIpc) is 0.746. The number of hydrogen-bond donors (Lipinski definition) is 0. The van der Waals surface area contributed by atoms with Gasteiger partial charge in [-0.3, -0.25) is 0 Å². The highest BCUT2D eigenvalue weighted by Gasteiger charge is 2.24. The molecule has 0 fully saturated rings. The molecule has 96 heavy (non-hydrogen) atoms. The van der Waals surface area contributed by atoms with Gasteiger partial charge in [0.1, 0.15) is 24.7 Å². The van der Waals surface area contributed by atoms with Crippen molar-refractivity contribution >= 4 is 0 Å². The molecule has 0 spiro atoms. The van der Waals surface area contributed by atoms with E-state index in [1.807, 2.05) is 24.3 Å². The van der Waals surface area contributed by atoms with Crippen molar-refractivity contribution in [1.82, 2.24) is 0 Å². The van der Waals surface area contributed by atoms with Crippen molar-refractivity contribution in [2.75, 3.05) is 93.5 Å². The zero-order valence-electron chi connectivity index (χ0n) is 58.8. The predicted octanol–water partition coefficient (Wildman–Crippen LogP) is 21.9. The first-order valence-electron chi connectivity index (χ1n) is 35.6. The number of ether oxygens (including phenoxy) is 8. The maximum atomic E-state index is 6.09. The Bertz CT molecular complexity index is 3630. The van der Waals surface area contributed by atoms with Crippen LogP contribution in [0, 0.1) is 23.7 Å². The van der Waals surface area contributed by atoms with Crippen molar-refractivity contribution in [1.29, 1.82) is 0 Å². The molecule has 0 heterocycles. The van der Waals surface area contributed by atoms with Crippen LogP contribution in [0.3, 0.4) is 0 Å². The third kappa shape index (κ3) is 22.5. The lowest BCUT2D eigenvalue weighted by molar-refractivity contribution is 0.0180. The summed E-state index contributed by atoms with van der Waals surface area (Å²) in [5.74, 6) is 4.48. The van der Waals surface area contributed by atoms with Gasteiger partial charge in [-0.05, 0) is 174 Å². The summed E-state index contributed by atoms with van der Waals surface area (Å²) in [4.78, 5) is 0. The van der Waals surface area contributed by atoms with Crippen LogP contribution in [-0.4, -0.2) is 93.5 Å². The van der Waals surface area contributed by atoms with Gasteiger partial charge in [-0.25, -0.2) is 0 Å². The van der Waals surface area contributed by atoms with Crippen molar-refractivity contribution < 1.29 is 37.9 Å². The minimum Gasteiger partial charge on any atom is -0.491 e. The van der Waals surface area contributed by atoms with Crippen molar-refractivity contribution in [3.05, 3.63) is 217 Å². The molecule has 2 atom stereocenters. The maximum absolute atomic E-state index is 6.09. The Morgan fingerprint density at radius 1 is 0.250 bits per heavy atom. The number of hydrogen-bond acceptors (Lipinski definition) is 8. The molecule has 0 unspecified atom stereocenters. The first-order chi connectivity index (χ1) is 47.0. The summed E-state index contributed by atoms with van der Waals surface area (Å²) < 4.78 is 44.8. The third-order valence-corrected chi connectivity index (χ3v) is 18.3. The van der Waals surface area contributed by atoms with Crippen LogP contribution < -0.4 is 9.47 Å². The Morgan fingerprint density at radius 2 is 0.573 bits per heavy atom. The molecular weight excluding hydrogens is 1180 g/mol. The van der Waals surface area contributed by atoms with Crippen molar-refractivity contribution in [3.8, 4) is 101 Å². The third-order valence-electron chi connectivity index (χ3n) is 18.3. The number of methoxy groups -OCH3 is 2. The molecule has 0 N–H and O–H groups in total. The fourth-order valence-electron chi connectivity index (χ4n) is 12.7. The SMILES string of the molecule is COCCOCCOCCOc1ccc(-c2ccc(-c3cccc(-c4ccc(-c5ccccc5)c(-c5ccc(CC[C@@H](C)CCCC(C)C)cc5)c4-c4ccc(CC[C@@H](C)CCCC(C)C)cc4)c3-c3ccc(-c4ccc(OCCOCCOCCOC)cc4)cc3)cc2)cc1. The van der Waals surface area contributed by atoms with E-state index in [-0.39, 0.29) is 0 Å². The van der Waals surface area contributed by atoms with Crippen LogP contribution in [-0.2, 0) is 41.3 Å². The van der Waals surface area contributed by atoms with E-state index < -0.39 is 0 Å². The Labute approximate surface area is 575 Å².